The summed E-state index contributed by atoms with van der Waals surface area (Å²) in [7, 11) is 0. The molecule has 1 heterocycles. The summed E-state index contributed by atoms with van der Waals surface area (Å²) in [6.45, 7) is 3.89. The first-order valence-electron chi connectivity index (χ1n) is 25.8. The van der Waals surface area contributed by atoms with E-state index in [2.05, 4.69) is 32.8 Å². The number of rotatable bonds is 50. The van der Waals surface area contributed by atoms with Gasteiger partial charge in [-0.3, -0.25) is 28.8 Å². The number of aliphatic carboxylic acids is 2. The van der Waals surface area contributed by atoms with Crippen LogP contribution in [0, 0.1) is 5.92 Å². The fraction of sp³-hybridized carbons (Fsp3) is 0.800. The molecule has 1 aromatic rings. The highest BCUT2D eigenvalue weighted by Gasteiger charge is 2.22. The van der Waals surface area contributed by atoms with Crippen molar-refractivity contribution in [1.29, 1.82) is 0 Å². The number of aromatic nitrogens is 2. The normalized spacial score (nSPS) is 12.6. The summed E-state index contributed by atoms with van der Waals surface area (Å²) < 4.78 is 21.5. The van der Waals surface area contributed by atoms with E-state index in [9.17, 15) is 43.8 Å². The van der Waals surface area contributed by atoms with Crippen LogP contribution in [0.4, 0.5) is 0 Å². The minimum absolute atomic E-state index is 0.0425. The van der Waals surface area contributed by atoms with Gasteiger partial charge in [0.25, 0.3) is 0 Å². The molecular weight excluding hydrogens is 893 g/mol. The van der Waals surface area contributed by atoms with Crippen molar-refractivity contribution in [2.24, 2.45) is 11.7 Å². The Bertz CT molecular complexity index is 1520. The van der Waals surface area contributed by atoms with Gasteiger partial charge in [-0.15, -0.1) is 0 Å². The quantitative estimate of drug-likeness (QED) is 0.0382. The van der Waals surface area contributed by atoms with Gasteiger partial charge in [0, 0.05) is 63.7 Å². The number of ketones is 2. The third-order valence-corrected chi connectivity index (χ3v) is 11.7. The third kappa shape index (κ3) is 38.2. The average Bonchev–Trinajstić information content (AvgIpc) is 3.84. The molecule has 19 heteroatoms. The number of nitrogens with zero attached hydrogens (tertiary/aromatic N) is 1. The number of amides is 3. The number of H-pyrrole nitrogens is 1. The van der Waals surface area contributed by atoms with Gasteiger partial charge in [-0.2, -0.15) is 0 Å². The number of carbonyl (C=O) groups is 7. The molecule has 1 rings (SSSR count). The highest BCUT2D eigenvalue weighted by Crippen LogP contribution is 2.17. The number of ether oxygens (including phenoxy) is 4. The van der Waals surface area contributed by atoms with Crippen LogP contribution < -0.4 is 21.7 Å². The number of carbonyl (C=O) groups excluding carboxylic acids is 5. The summed E-state index contributed by atoms with van der Waals surface area (Å²) in [5.74, 6) is -4.01. The maximum atomic E-state index is 12.4. The lowest BCUT2D eigenvalue weighted by Crippen LogP contribution is -2.41. The molecule has 69 heavy (non-hydrogen) atoms. The van der Waals surface area contributed by atoms with Crippen LogP contribution in [0.3, 0.4) is 0 Å². The Kier molecular flexibility index (Phi) is 39.7. The zero-order valence-electron chi connectivity index (χ0n) is 41.8. The van der Waals surface area contributed by atoms with Gasteiger partial charge in [0.1, 0.15) is 30.8 Å². The van der Waals surface area contributed by atoms with Crippen LogP contribution in [0.5, 0.6) is 0 Å². The predicted octanol–water partition coefficient (Wildman–Crippen LogP) is 5.76. The Balaban J connectivity index is 1.93. The van der Waals surface area contributed by atoms with Gasteiger partial charge >= 0.3 is 11.9 Å². The molecule has 0 saturated carbocycles. The summed E-state index contributed by atoms with van der Waals surface area (Å²) in [5.41, 5.74) is 6.69. The third-order valence-electron chi connectivity index (χ3n) is 11.7. The molecule has 0 bridgehead atoms. The van der Waals surface area contributed by atoms with E-state index in [0.29, 0.717) is 45.3 Å². The lowest BCUT2D eigenvalue weighted by atomic mass is 9.93. The molecule has 0 fully saturated rings. The fourth-order valence-corrected chi connectivity index (χ4v) is 7.50. The maximum absolute atomic E-state index is 12.4. The molecule has 1 unspecified atom stereocenters. The molecule has 8 N–H and O–H groups in total. The zero-order chi connectivity index (χ0) is 50.6. The van der Waals surface area contributed by atoms with Crippen LogP contribution in [0.1, 0.15) is 173 Å². The van der Waals surface area contributed by atoms with Gasteiger partial charge in [0.05, 0.1) is 51.3 Å². The first-order chi connectivity index (χ1) is 33.4. The van der Waals surface area contributed by atoms with Crippen LogP contribution in [0.15, 0.2) is 12.5 Å². The molecule has 0 aliphatic heterocycles. The van der Waals surface area contributed by atoms with E-state index in [1.165, 1.54) is 77.0 Å². The van der Waals surface area contributed by atoms with Crippen molar-refractivity contribution in [2.45, 2.75) is 186 Å². The number of hydrogen-bond acceptors (Lipinski definition) is 13. The van der Waals surface area contributed by atoms with Crippen LogP contribution in [0.25, 0.3) is 0 Å². The van der Waals surface area contributed by atoms with E-state index < -0.39 is 29.9 Å². The van der Waals surface area contributed by atoms with Crippen LogP contribution in [0.2, 0.25) is 0 Å². The largest absolute Gasteiger partial charge is 0.481 e. The van der Waals surface area contributed by atoms with Gasteiger partial charge in [0.15, 0.2) is 0 Å². The van der Waals surface area contributed by atoms with Crippen molar-refractivity contribution in [3.63, 3.8) is 0 Å². The second-order valence-electron chi connectivity index (χ2n) is 17.8. The first kappa shape index (κ1) is 62.7. The Labute approximate surface area is 410 Å². The van der Waals surface area contributed by atoms with Gasteiger partial charge in [-0.05, 0) is 38.5 Å². The SMILES string of the molecule is CCCCCCCCCCCCCCCCCC(=O)NC(CCC(=O)CCCOCCOCC(=O)NCCOCCOCC(=O)NCCCC[C@H](CCC(=O)[C@@H](N)Cc1cnc[nH]1)C(=O)O)C(=O)O. The highest BCUT2D eigenvalue weighted by atomic mass is 16.5. The molecular formula is C50H88N6O13. The summed E-state index contributed by atoms with van der Waals surface area (Å²) in [4.78, 5) is 91.3. The van der Waals surface area contributed by atoms with Crippen molar-refractivity contribution in [2.75, 3.05) is 65.9 Å². The molecule has 1 aromatic heterocycles. The number of Topliss-reactive ketones (excluding diaryl/α,β-unsaturated/α-hetero) is 2. The van der Waals surface area contributed by atoms with Crippen molar-refractivity contribution in [1.82, 2.24) is 25.9 Å². The van der Waals surface area contributed by atoms with Gasteiger partial charge in [0.2, 0.25) is 17.7 Å². The van der Waals surface area contributed by atoms with Crippen LogP contribution in [-0.2, 0) is 58.9 Å². The van der Waals surface area contributed by atoms with Crippen molar-refractivity contribution in [3.05, 3.63) is 18.2 Å². The van der Waals surface area contributed by atoms with Crippen LogP contribution in [-0.4, -0.2) is 139 Å². The highest BCUT2D eigenvalue weighted by molar-refractivity contribution is 5.85. The van der Waals surface area contributed by atoms with E-state index >= 15 is 0 Å². The Hall–Kier alpha value is -4.30. The minimum atomic E-state index is -1.15. The van der Waals surface area contributed by atoms with Gasteiger partial charge in [-0.1, -0.05) is 103 Å². The van der Waals surface area contributed by atoms with Crippen molar-refractivity contribution < 1.29 is 62.7 Å². The van der Waals surface area contributed by atoms with Gasteiger partial charge < -0.3 is 55.8 Å². The smallest absolute Gasteiger partial charge is 0.326 e. The number of unbranched alkanes of at least 4 members (excludes halogenated alkanes) is 15. The second kappa shape index (κ2) is 43.7. The lowest BCUT2D eigenvalue weighted by molar-refractivity contribution is -0.143. The van der Waals surface area contributed by atoms with E-state index in [1.54, 1.807) is 6.20 Å². The van der Waals surface area contributed by atoms with E-state index in [0.717, 1.165) is 31.4 Å². The number of nitrogens with one attached hydrogen (secondary N) is 4. The van der Waals surface area contributed by atoms with Crippen molar-refractivity contribution >= 4 is 41.2 Å². The second-order valence-corrected chi connectivity index (χ2v) is 17.8. The van der Waals surface area contributed by atoms with Crippen molar-refractivity contribution in [3.8, 4) is 0 Å². The molecule has 0 spiro atoms. The molecule has 3 amide bonds. The molecule has 19 nitrogen and oxygen atoms in total. The molecule has 0 saturated heterocycles. The van der Waals surface area contributed by atoms with E-state index in [1.807, 2.05) is 0 Å². The number of hydrogen-bond donors (Lipinski definition) is 7. The molecule has 3 atom stereocenters. The maximum Gasteiger partial charge on any atom is 0.326 e. The summed E-state index contributed by atoms with van der Waals surface area (Å²) in [6.07, 6.45) is 24.7. The summed E-state index contributed by atoms with van der Waals surface area (Å²) >= 11 is 0. The Morgan fingerprint density at radius 3 is 1.71 bits per heavy atom. The fourth-order valence-electron chi connectivity index (χ4n) is 7.50. The Morgan fingerprint density at radius 1 is 0.580 bits per heavy atom. The zero-order valence-corrected chi connectivity index (χ0v) is 41.8. The number of nitrogens with two attached hydrogens (primary N) is 1. The molecule has 396 valence electrons. The minimum Gasteiger partial charge on any atom is -0.481 e. The predicted molar refractivity (Wildman–Crippen MR) is 261 cm³/mol. The number of imidazole rings is 1. The topological polar surface area (TPSA) is 288 Å². The van der Waals surface area contributed by atoms with Gasteiger partial charge in [-0.25, -0.2) is 9.78 Å². The number of aromatic amines is 1. The first-order valence-corrected chi connectivity index (χ1v) is 25.8. The monoisotopic (exact) mass is 981 g/mol. The summed E-state index contributed by atoms with van der Waals surface area (Å²) in [5, 5.41) is 27.1. The van der Waals surface area contributed by atoms with Crippen LogP contribution >= 0.6 is 0 Å². The molecule has 0 radical (unpaired) electrons. The standard InChI is InChI=1S/C50H88N6O13/c1-2-3-4-5-6-7-8-9-10-11-12-13-14-15-16-22-46(59)56-44(50(64)65)25-24-42(57)21-19-29-66-31-33-68-38-48(61)54-28-30-67-32-34-69-37-47(60)53-27-18-17-20-40(49(62)63)23-26-45(58)43(51)35-41-36-52-39-55-41/h36,39-40,43-44H,2-35,37-38,51H2,1H3,(H,52,55)(H,53,60)(H,54,61)(H,56,59)(H,62,63)(H,64,65)/t40-,43+,44?/m1/s1. The Morgan fingerprint density at radius 2 is 1.14 bits per heavy atom. The number of carboxylic acids is 2. The lowest BCUT2D eigenvalue weighted by Gasteiger charge is -2.14. The average molecular weight is 981 g/mol. The molecule has 0 aliphatic rings. The summed E-state index contributed by atoms with van der Waals surface area (Å²) in [6, 6.07) is -1.82. The van der Waals surface area contributed by atoms with E-state index in [4.69, 9.17) is 24.7 Å². The molecule has 0 aliphatic carbocycles. The number of carboxylic acid groups (broad SMARTS) is 2. The molecule has 0 aromatic carbocycles. The van der Waals surface area contributed by atoms with E-state index in [-0.39, 0.29) is 121 Å².